The van der Waals surface area contributed by atoms with Gasteiger partial charge in [0, 0.05) is 12.1 Å². The molecule has 1 atom stereocenters. The minimum atomic E-state index is -3.59. The number of carbonyl (C=O) groups excluding carboxylic acids is 1. The Labute approximate surface area is 137 Å². The molecule has 1 aliphatic heterocycles. The molecule has 7 heteroatoms. The van der Waals surface area contributed by atoms with Crippen molar-refractivity contribution in [1.82, 2.24) is 10.0 Å². The van der Waals surface area contributed by atoms with Crippen molar-refractivity contribution in [2.75, 3.05) is 6.54 Å². The van der Waals surface area contributed by atoms with Crippen molar-refractivity contribution in [2.45, 2.75) is 44.6 Å². The topological polar surface area (TPSA) is 87.6 Å². The van der Waals surface area contributed by atoms with Gasteiger partial charge >= 0.3 is 0 Å². The predicted molar refractivity (Wildman–Crippen MR) is 89.8 cm³/mol. The summed E-state index contributed by atoms with van der Waals surface area (Å²) in [5, 5.41) is 2.86. The van der Waals surface area contributed by atoms with Gasteiger partial charge in [0.2, 0.25) is 5.91 Å². The van der Waals surface area contributed by atoms with Gasteiger partial charge < -0.3 is 5.32 Å². The third kappa shape index (κ3) is 3.90. The van der Waals surface area contributed by atoms with Gasteiger partial charge in [0.05, 0.1) is 4.90 Å². The van der Waals surface area contributed by atoms with Crippen molar-refractivity contribution in [3.8, 4) is 0 Å². The van der Waals surface area contributed by atoms with E-state index in [1.165, 1.54) is 6.07 Å². The quantitative estimate of drug-likeness (QED) is 0.774. The molecule has 6 nitrogen and oxygen atoms in total. The Morgan fingerprint density at radius 3 is 2.65 bits per heavy atom. The molecule has 0 spiro atoms. The largest absolute Gasteiger partial charge is 0.354 e. The van der Waals surface area contributed by atoms with Gasteiger partial charge in [-0.2, -0.15) is 0 Å². The van der Waals surface area contributed by atoms with E-state index in [0.717, 1.165) is 12.8 Å². The van der Waals surface area contributed by atoms with Crippen LogP contribution >= 0.6 is 0 Å². The molecule has 1 amide bonds. The van der Waals surface area contributed by atoms with E-state index >= 15 is 0 Å². The first kappa shape index (κ1) is 17.5. The number of unbranched alkanes of at least 4 members (excludes halogenated alkanes) is 1. The number of nitrogens with one attached hydrogen (secondary N) is 2. The normalized spacial score (nSPS) is 18.5. The highest BCUT2D eigenvalue weighted by Gasteiger charge is 2.32. The number of sulfonamides is 1. The minimum absolute atomic E-state index is 0.0404. The molecule has 0 fully saturated rings. The zero-order chi connectivity index (χ0) is 17.0. The van der Waals surface area contributed by atoms with Gasteiger partial charge in [-0.15, -0.1) is 0 Å². The highest BCUT2D eigenvalue weighted by molar-refractivity contribution is 7.90. The Hall–Kier alpha value is -1.89. The number of carbonyl (C=O) groups is 1. The van der Waals surface area contributed by atoms with E-state index in [9.17, 15) is 13.2 Å². The number of aliphatic imine (C=N–C) groups is 1. The van der Waals surface area contributed by atoms with Crippen molar-refractivity contribution >= 4 is 21.8 Å². The van der Waals surface area contributed by atoms with Gasteiger partial charge in [-0.05, 0) is 24.5 Å². The van der Waals surface area contributed by atoms with Crippen LogP contribution in [0.15, 0.2) is 34.2 Å². The van der Waals surface area contributed by atoms with E-state index in [2.05, 4.69) is 22.0 Å². The SMILES string of the molecule is CCCCNC(=O)[C@H](N=C1NS(=O)(=O)c2ccccc21)C(C)C. The minimum Gasteiger partial charge on any atom is -0.354 e. The van der Waals surface area contributed by atoms with Gasteiger partial charge in [0.1, 0.15) is 11.9 Å². The Balaban J connectivity index is 2.29. The molecule has 0 radical (unpaired) electrons. The molecular formula is C16H23N3O3S. The number of rotatable bonds is 6. The first-order chi connectivity index (χ1) is 10.9. The summed E-state index contributed by atoms with van der Waals surface area (Å²) in [5.74, 6) is 0.0239. The van der Waals surface area contributed by atoms with Crippen LogP contribution in [0, 0.1) is 5.92 Å². The van der Waals surface area contributed by atoms with Crippen LogP contribution in [0.2, 0.25) is 0 Å². The molecule has 1 aromatic carbocycles. The fourth-order valence-corrected chi connectivity index (χ4v) is 3.61. The predicted octanol–water partition coefficient (Wildman–Crippen LogP) is 1.67. The maximum atomic E-state index is 12.3. The van der Waals surface area contributed by atoms with E-state index < -0.39 is 16.1 Å². The molecule has 0 saturated carbocycles. The maximum absolute atomic E-state index is 12.3. The Morgan fingerprint density at radius 1 is 1.30 bits per heavy atom. The van der Waals surface area contributed by atoms with E-state index in [-0.39, 0.29) is 22.6 Å². The standard InChI is InChI=1S/C16H23N3O3S/c1-4-5-10-17-16(20)14(11(2)3)18-15-12-8-6-7-9-13(12)23(21,22)19-15/h6-9,11,14H,4-5,10H2,1-3H3,(H,17,20)(H,18,19)/t14-/m1/s1. The van der Waals surface area contributed by atoms with Crippen LogP contribution < -0.4 is 10.0 Å². The first-order valence-corrected chi connectivity index (χ1v) is 9.33. The van der Waals surface area contributed by atoms with Crippen LogP contribution in [-0.4, -0.2) is 32.7 Å². The molecule has 0 aromatic heterocycles. The lowest BCUT2D eigenvalue weighted by atomic mass is 10.0. The molecule has 2 rings (SSSR count). The van der Waals surface area contributed by atoms with E-state index in [0.29, 0.717) is 12.1 Å². The zero-order valence-electron chi connectivity index (χ0n) is 13.7. The average molecular weight is 337 g/mol. The van der Waals surface area contributed by atoms with Crippen molar-refractivity contribution < 1.29 is 13.2 Å². The van der Waals surface area contributed by atoms with E-state index in [4.69, 9.17) is 0 Å². The van der Waals surface area contributed by atoms with E-state index in [1.807, 2.05) is 13.8 Å². The highest BCUT2D eigenvalue weighted by Crippen LogP contribution is 2.23. The summed E-state index contributed by atoms with van der Waals surface area (Å²) in [7, 11) is -3.59. The second-order valence-corrected chi connectivity index (χ2v) is 7.56. The highest BCUT2D eigenvalue weighted by atomic mass is 32.2. The molecule has 0 unspecified atom stereocenters. The summed E-state index contributed by atoms with van der Waals surface area (Å²) in [5.41, 5.74) is 0.513. The second-order valence-electron chi connectivity index (χ2n) is 5.91. The maximum Gasteiger partial charge on any atom is 0.263 e. The van der Waals surface area contributed by atoms with Crippen LogP contribution in [-0.2, 0) is 14.8 Å². The number of fused-ring (bicyclic) bond motifs is 1. The van der Waals surface area contributed by atoms with E-state index in [1.54, 1.807) is 18.2 Å². The van der Waals surface area contributed by atoms with Gasteiger partial charge in [0.25, 0.3) is 10.0 Å². The van der Waals surface area contributed by atoms with Crippen molar-refractivity contribution in [1.29, 1.82) is 0 Å². The Morgan fingerprint density at radius 2 is 2.00 bits per heavy atom. The summed E-state index contributed by atoms with van der Waals surface area (Å²) in [4.78, 5) is 16.9. The lowest BCUT2D eigenvalue weighted by Crippen LogP contribution is -2.39. The first-order valence-electron chi connectivity index (χ1n) is 7.84. The number of amides is 1. The fraction of sp³-hybridized carbons (Fsp3) is 0.500. The Bertz CT molecular complexity index is 711. The average Bonchev–Trinajstić information content (AvgIpc) is 2.76. The molecule has 0 bridgehead atoms. The molecule has 126 valence electrons. The number of benzene rings is 1. The van der Waals surface area contributed by atoms with Gasteiger partial charge in [-0.3, -0.25) is 14.5 Å². The van der Waals surface area contributed by atoms with Crippen molar-refractivity contribution in [3.05, 3.63) is 29.8 Å². The number of hydrogen-bond donors (Lipinski definition) is 2. The van der Waals surface area contributed by atoms with Crippen LogP contribution in [0.3, 0.4) is 0 Å². The fourth-order valence-electron chi connectivity index (χ4n) is 2.37. The summed E-state index contributed by atoms with van der Waals surface area (Å²) in [6.45, 7) is 6.44. The molecular weight excluding hydrogens is 314 g/mol. The van der Waals surface area contributed by atoms with Gasteiger partial charge in [-0.1, -0.05) is 39.3 Å². The van der Waals surface area contributed by atoms with Gasteiger partial charge in [-0.25, -0.2) is 8.42 Å². The van der Waals surface area contributed by atoms with Crippen LogP contribution in [0.4, 0.5) is 0 Å². The Kier molecular flexibility index (Phi) is 5.41. The van der Waals surface area contributed by atoms with Crippen LogP contribution in [0.5, 0.6) is 0 Å². The third-order valence-corrected chi connectivity index (χ3v) is 5.06. The second kappa shape index (κ2) is 7.12. The third-order valence-electron chi connectivity index (χ3n) is 3.66. The molecule has 2 N–H and O–H groups in total. The van der Waals surface area contributed by atoms with Crippen LogP contribution in [0.1, 0.15) is 39.2 Å². The molecule has 1 heterocycles. The molecule has 1 aromatic rings. The van der Waals surface area contributed by atoms with Crippen molar-refractivity contribution in [2.24, 2.45) is 10.9 Å². The lowest BCUT2D eigenvalue weighted by Gasteiger charge is -2.17. The summed E-state index contributed by atoms with van der Waals surface area (Å²) < 4.78 is 26.7. The number of nitrogens with zero attached hydrogens (tertiary/aromatic N) is 1. The van der Waals surface area contributed by atoms with Crippen molar-refractivity contribution in [3.63, 3.8) is 0 Å². The molecule has 0 saturated heterocycles. The lowest BCUT2D eigenvalue weighted by molar-refractivity contribution is -0.123. The number of hydrogen-bond acceptors (Lipinski definition) is 4. The monoisotopic (exact) mass is 337 g/mol. The molecule has 0 aliphatic carbocycles. The summed E-state index contributed by atoms with van der Waals surface area (Å²) >= 11 is 0. The molecule has 23 heavy (non-hydrogen) atoms. The molecule has 1 aliphatic rings. The smallest absolute Gasteiger partial charge is 0.263 e. The zero-order valence-corrected chi connectivity index (χ0v) is 14.5. The summed E-state index contributed by atoms with van der Waals surface area (Å²) in [6, 6.07) is 6.01. The summed E-state index contributed by atoms with van der Waals surface area (Å²) in [6.07, 6.45) is 1.90. The van der Waals surface area contributed by atoms with Gasteiger partial charge in [0.15, 0.2) is 0 Å². The number of amidine groups is 1. The van der Waals surface area contributed by atoms with Crippen LogP contribution in [0.25, 0.3) is 0 Å².